The topological polar surface area (TPSA) is 99.3 Å². The Hall–Kier alpha value is -2.99. The number of hydrogen-bond acceptors (Lipinski definition) is 6. The van der Waals surface area contributed by atoms with Gasteiger partial charge >= 0.3 is 12.0 Å². The van der Waals surface area contributed by atoms with Crippen LogP contribution in [0.4, 0.5) is 9.18 Å². The lowest BCUT2D eigenvalue weighted by Gasteiger charge is -2.36. The van der Waals surface area contributed by atoms with E-state index in [1.54, 1.807) is 26.1 Å². The van der Waals surface area contributed by atoms with Crippen molar-refractivity contribution in [2.75, 3.05) is 46.4 Å². The third kappa shape index (κ3) is 6.01. The zero-order chi connectivity index (χ0) is 27.4. The van der Waals surface area contributed by atoms with Crippen molar-refractivity contribution in [2.24, 2.45) is 0 Å². The van der Waals surface area contributed by atoms with Crippen molar-refractivity contribution >= 4 is 33.6 Å². The first-order chi connectivity index (χ1) is 18.1. The number of esters is 1. The Kier molecular flexibility index (Phi) is 8.71. The average molecular weight is 565 g/mol. The molecule has 2 aromatic rings. The number of likely N-dealkylation sites (N-methyl/N-ethyl adjacent to an activating group) is 1. The number of carbonyl (C=O) groups is 2. The molecular weight excluding hydrogens is 535 g/mol. The summed E-state index contributed by atoms with van der Waals surface area (Å²) in [6, 6.07) is 10.4. The molecule has 2 amide bonds. The second-order valence-corrected chi connectivity index (χ2v) is 11.4. The van der Waals surface area contributed by atoms with Gasteiger partial charge in [0.15, 0.2) is 0 Å². The number of halogens is 2. The Balaban J connectivity index is 1.61. The van der Waals surface area contributed by atoms with Gasteiger partial charge in [-0.05, 0) is 61.9 Å². The van der Waals surface area contributed by atoms with Gasteiger partial charge in [-0.2, -0.15) is 4.31 Å². The van der Waals surface area contributed by atoms with Crippen LogP contribution >= 0.6 is 11.6 Å². The molecule has 0 saturated carbocycles. The number of amides is 2. The molecule has 1 fully saturated rings. The Labute approximate surface area is 226 Å². The van der Waals surface area contributed by atoms with E-state index in [-0.39, 0.29) is 30.2 Å². The Morgan fingerprint density at radius 2 is 1.76 bits per heavy atom. The predicted octanol–water partition coefficient (Wildman–Crippen LogP) is 3.39. The molecule has 2 aliphatic heterocycles. The molecular formula is C26H30ClFN4O5S. The molecule has 2 heterocycles. The van der Waals surface area contributed by atoms with Gasteiger partial charge in [0, 0.05) is 43.9 Å². The second-order valence-electron chi connectivity index (χ2n) is 9.06. The number of benzene rings is 2. The third-order valence-electron chi connectivity index (χ3n) is 6.65. The van der Waals surface area contributed by atoms with E-state index in [1.165, 1.54) is 45.6 Å². The highest BCUT2D eigenvalue weighted by Gasteiger charge is 2.38. The summed E-state index contributed by atoms with van der Waals surface area (Å²) in [5.74, 6) is -1.01. The Morgan fingerprint density at radius 1 is 1.08 bits per heavy atom. The summed E-state index contributed by atoms with van der Waals surface area (Å²) in [7, 11) is -2.13. The van der Waals surface area contributed by atoms with Gasteiger partial charge in [-0.3, -0.25) is 9.80 Å². The van der Waals surface area contributed by atoms with E-state index in [0.717, 1.165) is 0 Å². The van der Waals surface area contributed by atoms with Gasteiger partial charge in [-0.1, -0.05) is 23.7 Å². The second kappa shape index (κ2) is 11.8. The van der Waals surface area contributed by atoms with Crippen LogP contribution in [-0.2, 0) is 19.6 Å². The highest BCUT2D eigenvalue weighted by atomic mass is 35.5. The summed E-state index contributed by atoms with van der Waals surface area (Å²) in [4.78, 5) is 29.6. The predicted molar refractivity (Wildman–Crippen MR) is 140 cm³/mol. The summed E-state index contributed by atoms with van der Waals surface area (Å²) in [6.45, 7) is 3.59. The summed E-state index contributed by atoms with van der Waals surface area (Å²) in [6.07, 6.45) is 0.562. The van der Waals surface area contributed by atoms with Crippen LogP contribution in [0.2, 0.25) is 5.02 Å². The van der Waals surface area contributed by atoms with Crippen molar-refractivity contribution < 1.29 is 27.1 Å². The van der Waals surface area contributed by atoms with Gasteiger partial charge in [0.05, 0.1) is 23.1 Å². The summed E-state index contributed by atoms with van der Waals surface area (Å²) in [5, 5.41) is 3.27. The standard InChI is InChI=1S/C26H30ClFN4O5S/c1-3-37-25(33)23-22(30(2)26(34)29-24(23)18-5-9-20(28)10-6-18)17-31-13-4-14-32(16-15-31)38(35,36)21-11-7-19(27)8-12-21/h5-12,24H,3-4,13-17H2,1-2H3,(H,29,34)/t24-/m1/s1. The fraction of sp³-hybridized carbons (Fsp3) is 0.385. The maximum Gasteiger partial charge on any atom is 0.338 e. The lowest BCUT2D eigenvalue weighted by atomic mass is 9.94. The minimum atomic E-state index is -3.70. The van der Waals surface area contributed by atoms with Crippen molar-refractivity contribution in [1.82, 2.24) is 19.4 Å². The number of nitrogens with one attached hydrogen (secondary N) is 1. The lowest BCUT2D eigenvalue weighted by Crippen LogP contribution is -2.49. The van der Waals surface area contributed by atoms with Gasteiger partial charge in [0.2, 0.25) is 10.0 Å². The molecule has 12 heteroatoms. The molecule has 1 atom stereocenters. The van der Waals surface area contributed by atoms with E-state index < -0.39 is 33.9 Å². The molecule has 2 aromatic carbocycles. The largest absolute Gasteiger partial charge is 0.463 e. The van der Waals surface area contributed by atoms with Gasteiger partial charge < -0.3 is 10.1 Å². The zero-order valence-corrected chi connectivity index (χ0v) is 22.8. The maximum atomic E-state index is 13.6. The van der Waals surface area contributed by atoms with E-state index in [1.807, 2.05) is 4.90 Å². The molecule has 0 radical (unpaired) electrons. The van der Waals surface area contributed by atoms with E-state index in [0.29, 0.717) is 42.3 Å². The molecule has 0 spiro atoms. The first-order valence-corrected chi connectivity index (χ1v) is 14.1. The van der Waals surface area contributed by atoms with Crippen molar-refractivity contribution in [2.45, 2.75) is 24.3 Å². The highest BCUT2D eigenvalue weighted by molar-refractivity contribution is 7.89. The number of sulfonamides is 1. The number of rotatable bonds is 7. The maximum absolute atomic E-state index is 13.6. The number of carbonyl (C=O) groups excluding carboxylic acids is 2. The molecule has 0 aliphatic carbocycles. The number of urea groups is 1. The van der Waals surface area contributed by atoms with Crippen molar-refractivity contribution in [3.05, 3.63) is 76.2 Å². The smallest absolute Gasteiger partial charge is 0.338 e. The zero-order valence-electron chi connectivity index (χ0n) is 21.2. The monoisotopic (exact) mass is 564 g/mol. The van der Waals surface area contributed by atoms with E-state index in [4.69, 9.17) is 16.3 Å². The molecule has 0 aromatic heterocycles. The lowest BCUT2D eigenvalue weighted by molar-refractivity contribution is -0.139. The van der Waals surface area contributed by atoms with Crippen molar-refractivity contribution in [3.63, 3.8) is 0 Å². The first kappa shape index (κ1) is 28.0. The normalized spacial score (nSPS) is 19.7. The van der Waals surface area contributed by atoms with Crippen molar-refractivity contribution in [1.29, 1.82) is 0 Å². The van der Waals surface area contributed by atoms with Crippen LogP contribution < -0.4 is 5.32 Å². The van der Waals surface area contributed by atoms with Gasteiger partial charge in [0.25, 0.3) is 0 Å². The Morgan fingerprint density at radius 3 is 2.42 bits per heavy atom. The molecule has 9 nitrogen and oxygen atoms in total. The average Bonchev–Trinajstić information content (AvgIpc) is 3.13. The summed E-state index contributed by atoms with van der Waals surface area (Å²) in [5.41, 5.74) is 1.26. The van der Waals surface area contributed by atoms with Crippen LogP contribution in [0.3, 0.4) is 0 Å². The molecule has 0 unspecified atom stereocenters. The summed E-state index contributed by atoms with van der Waals surface area (Å²) < 4.78 is 46.7. The quantitative estimate of drug-likeness (QED) is 0.518. The molecule has 38 heavy (non-hydrogen) atoms. The SMILES string of the molecule is CCOC(=O)C1=C(CN2CCCN(S(=O)(=O)c3ccc(Cl)cc3)CC2)N(C)C(=O)N[C@@H]1c1ccc(F)cc1. The van der Waals surface area contributed by atoms with Crippen molar-refractivity contribution in [3.8, 4) is 0 Å². The molecule has 1 saturated heterocycles. The first-order valence-electron chi connectivity index (χ1n) is 12.3. The fourth-order valence-corrected chi connectivity index (χ4v) is 6.21. The van der Waals surface area contributed by atoms with Crippen LogP contribution in [0.25, 0.3) is 0 Å². The fourth-order valence-electron chi connectivity index (χ4n) is 4.62. The van der Waals surface area contributed by atoms with E-state index in [9.17, 15) is 22.4 Å². The third-order valence-corrected chi connectivity index (χ3v) is 8.81. The van der Waals surface area contributed by atoms with Crippen LogP contribution in [-0.4, -0.2) is 80.9 Å². The molecule has 1 N–H and O–H groups in total. The van der Waals surface area contributed by atoms with Crippen LogP contribution in [0.5, 0.6) is 0 Å². The number of ether oxygens (including phenoxy) is 1. The molecule has 204 valence electrons. The van der Waals surface area contributed by atoms with Gasteiger partial charge in [-0.25, -0.2) is 22.4 Å². The number of nitrogens with zero attached hydrogens (tertiary/aromatic N) is 3. The minimum Gasteiger partial charge on any atom is -0.463 e. The molecule has 4 rings (SSSR count). The Bertz CT molecular complexity index is 1320. The number of hydrogen-bond donors (Lipinski definition) is 1. The molecule has 0 bridgehead atoms. The van der Waals surface area contributed by atoms with Gasteiger partial charge in [0.1, 0.15) is 5.82 Å². The minimum absolute atomic E-state index is 0.143. The van der Waals surface area contributed by atoms with Crippen LogP contribution in [0, 0.1) is 5.82 Å². The van der Waals surface area contributed by atoms with E-state index in [2.05, 4.69) is 5.32 Å². The highest BCUT2D eigenvalue weighted by Crippen LogP contribution is 2.32. The summed E-state index contributed by atoms with van der Waals surface area (Å²) >= 11 is 5.92. The van der Waals surface area contributed by atoms with Gasteiger partial charge in [-0.15, -0.1) is 0 Å². The van der Waals surface area contributed by atoms with E-state index >= 15 is 0 Å². The van der Waals surface area contributed by atoms with Crippen LogP contribution in [0.15, 0.2) is 64.7 Å². The van der Waals surface area contributed by atoms with Crippen LogP contribution in [0.1, 0.15) is 24.9 Å². The molecule has 2 aliphatic rings.